The maximum Gasteiger partial charge on any atom is 0.292 e. The molecular weight excluding hydrogens is 244 g/mol. The van der Waals surface area contributed by atoms with E-state index in [0.717, 1.165) is 31.6 Å². The second-order valence-corrected chi connectivity index (χ2v) is 4.86. The Morgan fingerprint density at radius 3 is 3.16 bits per heavy atom. The minimum Gasteiger partial charge on any atom is -0.351 e. The third-order valence-corrected chi connectivity index (χ3v) is 3.43. The summed E-state index contributed by atoms with van der Waals surface area (Å²) in [7, 11) is 0. The van der Waals surface area contributed by atoms with Crippen LogP contribution in [0, 0.1) is 6.92 Å². The van der Waals surface area contributed by atoms with Crippen molar-refractivity contribution in [3.8, 4) is 0 Å². The quantitative estimate of drug-likeness (QED) is 0.838. The molecule has 19 heavy (non-hydrogen) atoms. The summed E-state index contributed by atoms with van der Waals surface area (Å²) in [4.78, 5) is 14.2. The first-order valence-electron chi connectivity index (χ1n) is 6.46. The van der Waals surface area contributed by atoms with Crippen LogP contribution in [0.4, 0.5) is 0 Å². The Labute approximate surface area is 111 Å². The summed E-state index contributed by atoms with van der Waals surface area (Å²) in [5, 5.41) is 7.96. The van der Waals surface area contributed by atoms with Gasteiger partial charge < -0.3 is 9.42 Å². The van der Waals surface area contributed by atoms with E-state index >= 15 is 0 Å². The number of aryl methyl sites for hydroxylation is 1. The summed E-state index contributed by atoms with van der Waals surface area (Å²) in [6.07, 6.45) is 5.68. The number of carbonyl (C=O) groups excluding carboxylic acids is 1. The molecule has 1 saturated heterocycles. The third kappa shape index (κ3) is 2.38. The van der Waals surface area contributed by atoms with Crippen molar-refractivity contribution in [1.82, 2.24) is 19.8 Å². The van der Waals surface area contributed by atoms with Crippen molar-refractivity contribution in [3.05, 3.63) is 36.0 Å². The van der Waals surface area contributed by atoms with Crippen molar-refractivity contribution >= 4 is 5.91 Å². The molecule has 2 aromatic heterocycles. The number of rotatable bonds is 3. The molecule has 0 bridgehead atoms. The van der Waals surface area contributed by atoms with Gasteiger partial charge in [0.05, 0.1) is 18.3 Å². The predicted octanol–water partition coefficient (Wildman–Crippen LogP) is 1.48. The van der Waals surface area contributed by atoms with Crippen molar-refractivity contribution < 1.29 is 9.32 Å². The molecule has 1 atom stereocenters. The fraction of sp³-hybridized carbons (Fsp3) is 0.462. The van der Waals surface area contributed by atoms with E-state index in [4.69, 9.17) is 4.52 Å². The number of hydrogen-bond donors (Lipinski definition) is 0. The highest BCUT2D eigenvalue weighted by molar-refractivity contribution is 5.91. The summed E-state index contributed by atoms with van der Waals surface area (Å²) < 4.78 is 6.92. The Morgan fingerprint density at radius 1 is 1.58 bits per heavy atom. The molecule has 0 N–H and O–H groups in total. The Morgan fingerprint density at radius 2 is 2.47 bits per heavy atom. The van der Waals surface area contributed by atoms with Gasteiger partial charge in [0, 0.05) is 25.0 Å². The molecule has 0 unspecified atom stereocenters. The first kappa shape index (κ1) is 12.0. The molecule has 6 nitrogen and oxygen atoms in total. The van der Waals surface area contributed by atoms with Crippen LogP contribution < -0.4 is 0 Å². The molecule has 6 heteroatoms. The number of amides is 1. The van der Waals surface area contributed by atoms with Gasteiger partial charge in [-0.2, -0.15) is 5.10 Å². The van der Waals surface area contributed by atoms with E-state index in [0.29, 0.717) is 5.76 Å². The Hall–Kier alpha value is -2.11. The molecule has 1 amide bonds. The van der Waals surface area contributed by atoms with Gasteiger partial charge in [-0.1, -0.05) is 5.16 Å². The molecule has 0 saturated carbocycles. The van der Waals surface area contributed by atoms with Crippen molar-refractivity contribution in [2.75, 3.05) is 6.54 Å². The monoisotopic (exact) mass is 260 g/mol. The first-order chi connectivity index (χ1) is 9.24. The van der Waals surface area contributed by atoms with E-state index in [1.807, 2.05) is 28.8 Å². The Balaban J connectivity index is 1.74. The van der Waals surface area contributed by atoms with Crippen LogP contribution in [-0.2, 0) is 6.54 Å². The van der Waals surface area contributed by atoms with Crippen LogP contribution in [0.3, 0.4) is 0 Å². The van der Waals surface area contributed by atoms with Gasteiger partial charge in [0.25, 0.3) is 5.91 Å². The maximum absolute atomic E-state index is 12.4. The summed E-state index contributed by atoms with van der Waals surface area (Å²) in [5.41, 5.74) is 0.728. The second kappa shape index (κ2) is 4.87. The van der Waals surface area contributed by atoms with Crippen LogP contribution in [-0.4, -0.2) is 38.3 Å². The number of likely N-dealkylation sites (tertiary alicyclic amines) is 1. The number of aromatic nitrogens is 3. The summed E-state index contributed by atoms with van der Waals surface area (Å²) in [6, 6.07) is 3.75. The lowest BCUT2D eigenvalue weighted by Gasteiger charge is -2.23. The summed E-state index contributed by atoms with van der Waals surface area (Å²) >= 11 is 0. The highest BCUT2D eigenvalue weighted by atomic mass is 16.5. The minimum atomic E-state index is -0.0738. The fourth-order valence-corrected chi connectivity index (χ4v) is 2.52. The zero-order valence-electron chi connectivity index (χ0n) is 10.8. The molecule has 1 aliphatic heterocycles. The van der Waals surface area contributed by atoms with E-state index in [9.17, 15) is 4.79 Å². The number of carbonyl (C=O) groups is 1. The van der Waals surface area contributed by atoms with Gasteiger partial charge >= 0.3 is 0 Å². The normalized spacial score (nSPS) is 19.0. The highest BCUT2D eigenvalue weighted by Gasteiger charge is 2.31. The van der Waals surface area contributed by atoms with Gasteiger partial charge in [-0.15, -0.1) is 0 Å². The predicted molar refractivity (Wildman–Crippen MR) is 67.5 cm³/mol. The zero-order valence-corrected chi connectivity index (χ0v) is 10.8. The first-order valence-corrected chi connectivity index (χ1v) is 6.46. The molecule has 1 fully saturated rings. The lowest BCUT2D eigenvalue weighted by Crippen LogP contribution is -2.38. The van der Waals surface area contributed by atoms with E-state index in [2.05, 4.69) is 10.3 Å². The Kier molecular flexibility index (Phi) is 3.06. The largest absolute Gasteiger partial charge is 0.351 e. The SMILES string of the molecule is Cc1cc(C(=O)N2CCC[C@H]2Cn2cccn2)on1. The van der Waals surface area contributed by atoms with Gasteiger partial charge in [-0.25, -0.2) is 0 Å². The van der Waals surface area contributed by atoms with Gasteiger partial charge in [0.1, 0.15) is 0 Å². The number of nitrogens with zero attached hydrogens (tertiary/aromatic N) is 4. The van der Waals surface area contributed by atoms with E-state index in [-0.39, 0.29) is 11.9 Å². The maximum atomic E-state index is 12.4. The third-order valence-electron chi connectivity index (χ3n) is 3.43. The molecule has 1 aliphatic rings. The average Bonchev–Trinajstić information content (AvgIpc) is 3.10. The van der Waals surface area contributed by atoms with E-state index in [1.165, 1.54) is 0 Å². The fourth-order valence-electron chi connectivity index (χ4n) is 2.52. The van der Waals surface area contributed by atoms with Crippen LogP contribution in [0.5, 0.6) is 0 Å². The molecular formula is C13H16N4O2. The van der Waals surface area contributed by atoms with Gasteiger partial charge in [-0.3, -0.25) is 9.48 Å². The van der Waals surface area contributed by atoms with E-state index in [1.54, 1.807) is 12.3 Å². The highest BCUT2D eigenvalue weighted by Crippen LogP contribution is 2.21. The zero-order chi connectivity index (χ0) is 13.2. The smallest absolute Gasteiger partial charge is 0.292 e. The standard InChI is InChI=1S/C13H16N4O2/c1-10-8-12(19-15-10)13(18)17-7-2-4-11(17)9-16-6-3-5-14-16/h3,5-6,8,11H,2,4,7,9H2,1H3/t11-/m0/s1. The van der Waals surface area contributed by atoms with Crippen LogP contribution in [0.25, 0.3) is 0 Å². The molecule has 0 aromatic carbocycles. The summed E-state index contributed by atoms with van der Waals surface area (Å²) in [5.74, 6) is 0.250. The number of hydrogen-bond acceptors (Lipinski definition) is 4. The van der Waals surface area contributed by atoms with Crippen LogP contribution in [0.2, 0.25) is 0 Å². The molecule has 0 aliphatic carbocycles. The average molecular weight is 260 g/mol. The van der Waals surface area contributed by atoms with Crippen LogP contribution >= 0.6 is 0 Å². The molecule has 0 spiro atoms. The Bertz CT molecular complexity index is 561. The van der Waals surface area contributed by atoms with Gasteiger partial charge in [0.15, 0.2) is 0 Å². The minimum absolute atomic E-state index is 0.0738. The van der Waals surface area contributed by atoms with Crippen LogP contribution in [0.15, 0.2) is 29.0 Å². The van der Waals surface area contributed by atoms with Crippen molar-refractivity contribution in [2.45, 2.75) is 32.4 Å². The van der Waals surface area contributed by atoms with Crippen LogP contribution in [0.1, 0.15) is 29.1 Å². The van der Waals surface area contributed by atoms with Crippen molar-refractivity contribution in [3.63, 3.8) is 0 Å². The van der Waals surface area contributed by atoms with E-state index < -0.39 is 0 Å². The summed E-state index contributed by atoms with van der Waals surface area (Å²) in [6.45, 7) is 3.31. The molecule has 2 aromatic rings. The molecule has 3 rings (SSSR count). The second-order valence-electron chi connectivity index (χ2n) is 4.86. The molecule has 100 valence electrons. The van der Waals surface area contributed by atoms with Gasteiger partial charge in [-0.05, 0) is 25.8 Å². The van der Waals surface area contributed by atoms with Crippen molar-refractivity contribution in [2.24, 2.45) is 0 Å². The molecule has 0 radical (unpaired) electrons. The topological polar surface area (TPSA) is 64.2 Å². The molecule has 3 heterocycles. The lowest BCUT2D eigenvalue weighted by molar-refractivity contribution is 0.0679. The van der Waals surface area contributed by atoms with Gasteiger partial charge in [0.2, 0.25) is 5.76 Å². The lowest BCUT2D eigenvalue weighted by atomic mass is 10.2. The van der Waals surface area contributed by atoms with Crippen molar-refractivity contribution in [1.29, 1.82) is 0 Å².